The van der Waals surface area contributed by atoms with Crippen LogP contribution in [-0.2, 0) is 9.47 Å². The lowest BCUT2D eigenvalue weighted by Crippen LogP contribution is -2.36. The van der Waals surface area contributed by atoms with Crippen LogP contribution in [-0.4, -0.2) is 50.0 Å². The fraction of sp³-hybridized carbons (Fsp3) is 1.00. The van der Waals surface area contributed by atoms with Gasteiger partial charge in [0.2, 0.25) is 0 Å². The highest BCUT2D eigenvalue weighted by Gasteiger charge is 2.08. The summed E-state index contributed by atoms with van der Waals surface area (Å²) in [5.41, 5.74) is 0. The van der Waals surface area contributed by atoms with Crippen LogP contribution in [0.3, 0.4) is 0 Å². The number of hydrogen-bond acceptors (Lipinski definition) is 3. The molecule has 3 nitrogen and oxygen atoms in total. The first kappa shape index (κ1) is 14.9. The van der Waals surface area contributed by atoms with E-state index in [1.54, 1.807) is 0 Å². The first-order valence-electron chi connectivity index (χ1n) is 6.00. The molecule has 0 aromatic rings. The molecule has 1 fully saturated rings. The highest BCUT2D eigenvalue weighted by atomic mass is 16.6. The van der Waals surface area contributed by atoms with Crippen molar-refractivity contribution in [1.82, 2.24) is 4.90 Å². The van der Waals surface area contributed by atoms with E-state index >= 15 is 0 Å². The second-order valence-electron chi connectivity index (χ2n) is 4.24. The molecule has 15 heavy (non-hydrogen) atoms. The number of hydrogen-bond donors (Lipinski definition) is 0. The summed E-state index contributed by atoms with van der Waals surface area (Å²) in [5.74, 6) is 0. The molecule has 0 saturated carbocycles. The number of rotatable bonds is 3. The van der Waals surface area contributed by atoms with E-state index in [-0.39, 0.29) is 0 Å². The zero-order valence-electron chi connectivity index (χ0n) is 11.0. The molecule has 0 aliphatic carbocycles. The zero-order valence-corrected chi connectivity index (χ0v) is 11.0. The first-order valence-corrected chi connectivity index (χ1v) is 6.00. The second kappa shape index (κ2) is 9.13. The molecule has 0 amide bonds. The molecule has 0 bridgehead atoms. The maximum absolute atomic E-state index is 4.94. The van der Waals surface area contributed by atoms with E-state index in [1.165, 1.54) is 0 Å². The van der Waals surface area contributed by atoms with Crippen molar-refractivity contribution in [1.29, 1.82) is 0 Å². The van der Waals surface area contributed by atoms with Crippen molar-refractivity contribution in [3.05, 3.63) is 0 Å². The average molecular weight is 217 g/mol. The van der Waals surface area contributed by atoms with Gasteiger partial charge < -0.3 is 9.47 Å². The first-order chi connectivity index (χ1) is 7.09. The van der Waals surface area contributed by atoms with Gasteiger partial charge in [-0.15, -0.1) is 0 Å². The van der Waals surface area contributed by atoms with Crippen LogP contribution in [0.4, 0.5) is 0 Å². The minimum absolute atomic E-state index is 0.690. The van der Waals surface area contributed by atoms with Gasteiger partial charge in [-0.3, -0.25) is 4.90 Å². The smallest absolute Gasteiger partial charge is 0.0701 e. The van der Waals surface area contributed by atoms with E-state index < -0.39 is 0 Å². The van der Waals surface area contributed by atoms with Crippen molar-refractivity contribution >= 4 is 0 Å². The monoisotopic (exact) mass is 217 g/mol. The molecule has 92 valence electrons. The predicted molar refractivity (Wildman–Crippen MR) is 64.3 cm³/mol. The zero-order chi connectivity index (χ0) is 11.7. The molecule has 0 spiro atoms. The van der Waals surface area contributed by atoms with Crippen molar-refractivity contribution in [2.45, 2.75) is 46.7 Å². The maximum atomic E-state index is 4.94. The van der Waals surface area contributed by atoms with Gasteiger partial charge in [-0.1, -0.05) is 6.92 Å². The van der Waals surface area contributed by atoms with Crippen LogP contribution in [0.1, 0.15) is 34.6 Å². The van der Waals surface area contributed by atoms with Gasteiger partial charge in [0.15, 0.2) is 0 Å². The van der Waals surface area contributed by atoms with Crippen molar-refractivity contribution in [3.63, 3.8) is 0 Å². The molecule has 1 rings (SSSR count). The summed E-state index contributed by atoms with van der Waals surface area (Å²) >= 11 is 0. The van der Waals surface area contributed by atoms with Crippen LogP contribution in [0.2, 0.25) is 0 Å². The summed E-state index contributed by atoms with van der Waals surface area (Å²) in [6.45, 7) is 15.4. The predicted octanol–water partition coefficient (Wildman–Crippen LogP) is 2.16. The van der Waals surface area contributed by atoms with Crippen LogP contribution in [0.25, 0.3) is 0 Å². The van der Waals surface area contributed by atoms with E-state index in [0.717, 1.165) is 33.0 Å². The van der Waals surface area contributed by atoms with E-state index in [2.05, 4.69) is 39.5 Å². The Morgan fingerprint density at radius 2 is 1.20 bits per heavy atom. The van der Waals surface area contributed by atoms with Crippen LogP contribution < -0.4 is 0 Å². The minimum Gasteiger partial charge on any atom is -0.377 e. The fourth-order valence-electron chi connectivity index (χ4n) is 1.77. The third kappa shape index (κ3) is 7.77. The van der Waals surface area contributed by atoms with Gasteiger partial charge in [0.25, 0.3) is 0 Å². The normalized spacial score (nSPS) is 16.8. The van der Waals surface area contributed by atoms with Crippen molar-refractivity contribution in [2.24, 2.45) is 0 Å². The molecule has 1 aliphatic heterocycles. The van der Waals surface area contributed by atoms with Gasteiger partial charge in [0.1, 0.15) is 0 Å². The molecule has 0 aromatic carbocycles. The molecule has 0 aromatic heterocycles. The van der Waals surface area contributed by atoms with Gasteiger partial charge in [0.05, 0.1) is 26.4 Å². The summed E-state index contributed by atoms with van der Waals surface area (Å²) in [7, 11) is 0. The van der Waals surface area contributed by atoms with E-state index in [1.807, 2.05) is 0 Å². The van der Waals surface area contributed by atoms with Crippen LogP contribution >= 0.6 is 0 Å². The minimum atomic E-state index is 0.690. The standard InChI is InChI=1S/C8H19N.C4H8O2/c1-6-9(7(2)3)8(4)5;1-2-6-4-3-5-1/h7-8H,6H2,1-5H3;1-4H2. The molecular weight excluding hydrogens is 190 g/mol. The van der Waals surface area contributed by atoms with Crippen molar-refractivity contribution in [3.8, 4) is 0 Å². The Morgan fingerprint density at radius 3 is 1.27 bits per heavy atom. The molecule has 0 N–H and O–H groups in total. The lowest BCUT2D eigenvalue weighted by atomic mass is 10.2. The maximum Gasteiger partial charge on any atom is 0.0701 e. The van der Waals surface area contributed by atoms with Gasteiger partial charge in [-0.05, 0) is 34.2 Å². The highest BCUT2D eigenvalue weighted by molar-refractivity contribution is 4.64. The number of ether oxygens (including phenoxy) is 2. The van der Waals surface area contributed by atoms with E-state index in [4.69, 9.17) is 9.47 Å². The Bertz CT molecular complexity index is 114. The van der Waals surface area contributed by atoms with Crippen LogP contribution in [0.5, 0.6) is 0 Å². The Balaban J connectivity index is 0.000000280. The number of nitrogens with zero attached hydrogens (tertiary/aromatic N) is 1. The van der Waals surface area contributed by atoms with E-state index in [9.17, 15) is 0 Å². The lowest BCUT2D eigenvalue weighted by molar-refractivity contribution is -0.0334. The fourth-order valence-corrected chi connectivity index (χ4v) is 1.77. The molecule has 1 aliphatic rings. The third-order valence-corrected chi connectivity index (χ3v) is 2.44. The molecule has 0 atom stereocenters. The van der Waals surface area contributed by atoms with Gasteiger partial charge in [-0.25, -0.2) is 0 Å². The third-order valence-electron chi connectivity index (χ3n) is 2.44. The average Bonchev–Trinajstić information content (AvgIpc) is 2.21. The SMILES string of the molecule is C1COCCO1.CCN(C(C)C)C(C)C. The Hall–Kier alpha value is -0.120. The van der Waals surface area contributed by atoms with Crippen LogP contribution in [0.15, 0.2) is 0 Å². The summed E-state index contributed by atoms with van der Waals surface area (Å²) in [4.78, 5) is 2.46. The highest BCUT2D eigenvalue weighted by Crippen LogP contribution is 2.02. The summed E-state index contributed by atoms with van der Waals surface area (Å²) in [6, 6.07) is 1.38. The largest absolute Gasteiger partial charge is 0.377 e. The van der Waals surface area contributed by atoms with Crippen molar-refractivity contribution < 1.29 is 9.47 Å². The van der Waals surface area contributed by atoms with Crippen molar-refractivity contribution in [2.75, 3.05) is 33.0 Å². The lowest BCUT2D eigenvalue weighted by Gasteiger charge is -2.28. The molecular formula is C12H27NO2. The van der Waals surface area contributed by atoms with Gasteiger partial charge in [0, 0.05) is 12.1 Å². The van der Waals surface area contributed by atoms with Gasteiger partial charge >= 0.3 is 0 Å². The molecule has 0 unspecified atom stereocenters. The second-order valence-corrected chi connectivity index (χ2v) is 4.24. The quantitative estimate of drug-likeness (QED) is 0.723. The molecule has 1 heterocycles. The Labute approximate surface area is 94.7 Å². The molecule has 3 heteroatoms. The summed E-state index contributed by atoms with van der Waals surface area (Å²) in [6.07, 6.45) is 0. The Morgan fingerprint density at radius 1 is 0.867 bits per heavy atom. The molecule has 0 radical (unpaired) electrons. The topological polar surface area (TPSA) is 21.7 Å². The summed E-state index contributed by atoms with van der Waals surface area (Å²) < 4.78 is 9.89. The van der Waals surface area contributed by atoms with Crippen LogP contribution in [0, 0.1) is 0 Å². The van der Waals surface area contributed by atoms with E-state index in [0.29, 0.717) is 12.1 Å². The summed E-state index contributed by atoms with van der Waals surface area (Å²) in [5, 5.41) is 0. The van der Waals surface area contributed by atoms with Gasteiger partial charge in [-0.2, -0.15) is 0 Å². The molecule has 1 saturated heterocycles. The Kier molecular flexibility index (Phi) is 9.06.